The van der Waals surface area contributed by atoms with Crippen LogP contribution in [-0.4, -0.2) is 5.11 Å². The topological polar surface area (TPSA) is 20.2 Å². The van der Waals surface area contributed by atoms with E-state index in [2.05, 4.69) is 19.9 Å². The van der Waals surface area contributed by atoms with Crippen molar-refractivity contribution in [1.82, 2.24) is 0 Å². The third kappa shape index (κ3) is 3.55. The minimum absolute atomic E-state index is 0.433. The van der Waals surface area contributed by atoms with Crippen molar-refractivity contribution in [2.24, 2.45) is 5.92 Å². The first kappa shape index (κ1) is 13.1. The first-order chi connectivity index (χ1) is 7.69. The van der Waals surface area contributed by atoms with Crippen LogP contribution in [0.4, 0.5) is 0 Å². The van der Waals surface area contributed by atoms with Crippen LogP contribution in [0.3, 0.4) is 0 Å². The molecule has 0 heterocycles. The number of rotatable bonds is 6. The van der Waals surface area contributed by atoms with Crippen LogP contribution >= 0.6 is 0 Å². The number of hydrogen-bond acceptors (Lipinski definition) is 1. The zero-order valence-corrected chi connectivity index (χ0v) is 10.8. The average molecular weight is 220 g/mol. The lowest BCUT2D eigenvalue weighted by atomic mass is 9.90. The van der Waals surface area contributed by atoms with Gasteiger partial charge in [-0.1, -0.05) is 51.7 Å². The molecule has 16 heavy (non-hydrogen) atoms. The molecule has 1 rings (SSSR count). The van der Waals surface area contributed by atoms with Gasteiger partial charge in [0.25, 0.3) is 0 Å². The van der Waals surface area contributed by atoms with Crippen LogP contribution in [0.15, 0.2) is 18.2 Å². The Balaban J connectivity index is 2.66. The molecule has 0 aromatic heterocycles. The van der Waals surface area contributed by atoms with E-state index in [9.17, 15) is 5.11 Å². The first-order valence-corrected chi connectivity index (χ1v) is 6.46. The second kappa shape index (κ2) is 6.57. The van der Waals surface area contributed by atoms with Gasteiger partial charge in [0.2, 0.25) is 0 Å². The molecule has 0 fully saturated rings. The third-order valence-electron chi connectivity index (χ3n) is 3.47. The smallest absolute Gasteiger partial charge is 0.118 e. The Kier molecular flexibility index (Phi) is 5.37. The molecule has 0 bridgehead atoms. The lowest BCUT2D eigenvalue weighted by Crippen LogP contribution is -2.04. The summed E-state index contributed by atoms with van der Waals surface area (Å²) in [4.78, 5) is 0. The summed E-state index contributed by atoms with van der Waals surface area (Å²) in [7, 11) is 0. The van der Waals surface area contributed by atoms with E-state index in [4.69, 9.17) is 0 Å². The van der Waals surface area contributed by atoms with Crippen LogP contribution in [0.2, 0.25) is 0 Å². The second-order valence-corrected chi connectivity index (χ2v) is 4.68. The van der Waals surface area contributed by atoms with E-state index in [1.807, 2.05) is 13.0 Å². The molecule has 0 aliphatic carbocycles. The van der Waals surface area contributed by atoms with Crippen molar-refractivity contribution in [3.63, 3.8) is 0 Å². The molecule has 90 valence electrons. The van der Waals surface area contributed by atoms with Crippen molar-refractivity contribution in [3.05, 3.63) is 29.3 Å². The highest BCUT2D eigenvalue weighted by molar-refractivity contribution is 5.38. The molecule has 1 nitrogen and oxygen atoms in total. The summed E-state index contributed by atoms with van der Waals surface area (Å²) < 4.78 is 0. The van der Waals surface area contributed by atoms with E-state index in [0.717, 1.165) is 17.9 Å². The number of phenolic OH excluding ortho intramolecular Hbond substituents is 1. The SMILES string of the molecule is CCCCC(CC)Cc1cccc(O)c1C. The summed E-state index contributed by atoms with van der Waals surface area (Å²) in [6, 6.07) is 5.86. The molecule has 1 aromatic rings. The molecule has 1 aromatic carbocycles. The summed E-state index contributed by atoms with van der Waals surface area (Å²) >= 11 is 0. The second-order valence-electron chi connectivity index (χ2n) is 4.68. The minimum Gasteiger partial charge on any atom is -0.508 e. The Morgan fingerprint density at radius 2 is 2.00 bits per heavy atom. The van der Waals surface area contributed by atoms with E-state index < -0.39 is 0 Å². The molecule has 1 N–H and O–H groups in total. The van der Waals surface area contributed by atoms with Gasteiger partial charge in [-0.2, -0.15) is 0 Å². The van der Waals surface area contributed by atoms with Gasteiger partial charge in [0.15, 0.2) is 0 Å². The monoisotopic (exact) mass is 220 g/mol. The molecular formula is C15H24O. The number of benzene rings is 1. The van der Waals surface area contributed by atoms with Gasteiger partial charge in [0, 0.05) is 0 Å². The molecule has 0 radical (unpaired) electrons. The predicted octanol–water partition coefficient (Wildman–Crippen LogP) is 4.46. The summed E-state index contributed by atoms with van der Waals surface area (Å²) in [5.41, 5.74) is 2.36. The number of phenols is 1. The Morgan fingerprint density at radius 3 is 2.62 bits per heavy atom. The Hall–Kier alpha value is -0.980. The van der Waals surface area contributed by atoms with Gasteiger partial charge in [-0.25, -0.2) is 0 Å². The maximum atomic E-state index is 9.66. The lowest BCUT2D eigenvalue weighted by molar-refractivity contribution is 0.443. The van der Waals surface area contributed by atoms with Gasteiger partial charge in [-0.05, 0) is 36.5 Å². The molecule has 1 unspecified atom stereocenters. The van der Waals surface area contributed by atoms with E-state index in [0.29, 0.717) is 5.75 Å². The Bertz CT molecular complexity index is 317. The van der Waals surface area contributed by atoms with Gasteiger partial charge < -0.3 is 5.11 Å². The van der Waals surface area contributed by atoms with Crippen molar-refractivity contribution in [2.45, 2.75) is 52.9 Å². The fourth-order valence-electron chi connectivity index (χ4n) is 2.15. The molecule has 0 saturated carbocycles. The van der Waals surface area contributed by atoms with Gasteiger partial charge in [0.05, 0.1) is 0 Å². The maximum Gasteiger partial charge on any atom is 0.118 e. The molecule has 0 amide bonds. The number of hydrogen-bond donors (Lipinski definition) is 1. The fourth-order valence-corrected chi connectivity index (χ4v) is 2.15. The van der Waals surface area contributed by atoms with Crippen LogP contribution in [0.25, 0.3) is 0 Å². The molecular weight excluding hydrogens is 196 g/mol. The van der Waals surface area contributed by atoms with Crippen molar-refractivity contribution in [3.8, 4) is 5.75 Å². The largest absolute Gasteiger partial charge is 0.508 e. The number of aromatic hydroxyl groups is 1. The first-order valence-electron chi connectivity index (χ1n) is 6.46. The third-order valence-corrected chi connectivity index (χ3v) is 3.47. The number of unbranched alkanes of at least 4 members (excludes halogenated alkanes) is 1. The van der Waals surface area contributed by atoms with Crippen molar-refractivity contribution in [2.75, 3.05) is 0 Å². The van der Waals surface area contributed by atoms with Crippen molar-refractivity contribution < 1.29 is 5.11 Å². The molecule has 0 saturated heterocycles. The van der Waals surface area contributed by atoms with Gasteiger partial charge in [-0.3, -0.25) is 0 Å². The van der Waals surface area contributed by atoms with Crippen LogP contribution in [0.1, 0.15) is 50.7 Å². The zero-order chi connectivity index (χ0) is 12.0. The highest BCUT2D eigenvalue weighted by Crippen LogP contribution is 2.25. The van der Waals surface area contributed by atoms with Gasteiger partial charge in [0.1, 0.15) is 5.75 Å². The summed E-state index contributed by atoms with van der Waals surface area (Å²) in [5, 5.41) is 9.66. The quantitative estimate of drug-likeness (QED) is 0.750. The Morgan fingerprint density at radius 1 is 1.25 bits per heavy atom. The van der Waals surface area contributed by atoms with Gasteiger partial charge >= 0.3 is 0 Å². The van der Waals surface area contributed by atoms with E-state index in [-0.39, 0.29) is 0 Å². The maximum absolute atomic E-state index is 9.66. The fraction of sp³-hybridized carbons (Fsp3) is 0.600. The average Bonchev–Trinajstić information content (AvgIpc) is 2.30. The van der Waals surface area contributed by atoms with E-state index in [1.54, 1.807) is 6.07 Å². The summed E-state index contributed by atoms with van der Waals surface area (Å²) in [6.45, 7) is 6.52. The normalized spacial score (nSPS) is 12.7. The summed E-state index contributed by atoms with van der Waals surface area (Å²) in [6.07, 6.45) is 6.24. The highest BCUT2D eigenvalue weighted by Gasteiger charge is 2.10. The van der Waals surface area contributed by atoms with Crippen molar-refractivity contribution in [1.29, 1.82) is 0 Å². The zero-order valence-electron chi connectivity index (χ0n) is 10.8. The van der Waals surface area contributed by atoms with Crippen LogP contribution in [0, 0.1) is 12.8 Å². The van der Waals surface area contributed by atoms with E-state index >= 15 is 0 Å². The predicted molar refractivity (Wildman–Crippen MR) is 69.9 cm³/mol. The van der Waals surface area contributed by atoms with E-state index in [1.165, 1.54) is 31.2 Å². The molecule has 0 aliphatic heterocycles. The van der Waals surface area contributed by atoms with Gasteiger partial charge in [-0.15, -0.1) is 0 Å². The molecule has 0 aliphatic rings. The Labute approximate surface area is 99.5 Å². The standard InChI is InChI=1S/C15H24O/c1-4-6-8-13(5-2)11-14-9-7-10-15(16)12(14)3/h7,9-10,13,16H,4-6,8,11H2,1-3H3. The van der Waals surface area contributed by atoms with Crippen LogP contribution in [-0.2, 0) is 6.42 Å². The highest BCUT2D eigenvalue weighted by atomic mass is 16.3. The lowest BCUT2D eigenvalue weighted by Gasteiger charge is -2.16. The molecule has 1 heteroatoms. The van der Waals surface area contributed by atoms with Crippen LogP contribution in [0.5, 0.6) is 5.75 Å². The van der Waals surface area contributed by atoms with Crippen LogP contribution < -0.4 is 0 Å². The minimum atomic E-state index is 0.433. The molecule has 1 atom stereocenters. The summed E-state index contributed by atoms with van der Waals surface area (Å²) in [5.74, 6) is 1.20. The van der Waals surface area contributed by atoms with Crippen molar-refractivity contribution >= 4 is 0 Å². The molecule has 0 spiro atoms.